The monoisotopic (exact) mass is 444 g/mol. The van der Waals surface area contributed by atoms with Crippen LogP contribution in [0.15, 0.2) is 60.7 Å². The van der Waals surface area contributed by atoms with Gasteiger partial charge in [-0.3, -0.25) is 0 Å². The van der Waals surface area contributed by atoms with Gasteiger partial charge in [0.2, 0.25) is 0 Å². The third kappa shape index (κ3) is 9.33. The number of rotatable bonds is 13. The van der Waals surface area contributed by atoms with Gasteiger partial charge in [0.25, 0.3) is 0 Å². The summed E-state index contributed by atoms with van der Waals surface area (Å²) in [5, 5.41) is 0. The first kappa shape index (κ1) is 25.8. The number of hydrogen-bond donors (Lipinski definition) is 0. The minimum Gasteiger partial charge on any atom is -0.494 e. The van der Waals surface area contributed by atoms with Crippen molar-refractivity contribution in [2.24, 2.45) is 0 Å². The zero-order valence-corrected chi connectivity index (χ0v) is 19.3. The normalized spacial score (nSPS) is 12.5. The SMILES string of the molecule is CC=C/C(=C/c1ccc(OCCCCCCCCCC)cc1)c1cccc(C(F)(F)F)c1. The lowest BCUT2D eigenvalue weighted by atomic mass is 10.00. The van der Waals surface area contributed by atoms with Crippen molar-refractivity contribution in [2.45, 2.75) is 71.4 Å². The minimum absolute atomic E-state index is 0.535. The summed E-state index contributed by atoms with van der Waals surface area (Å²) in [6.07, 6.45) is 11.3. The summed E-state index contributed by atoms with van der Waals surface area (Å²) >= 11 is 0. The van der Waals surface area contributed by atoms with E-state index in [1.54, 1.807) is 6.07 Å². The average Bonchev–Trinajstić information content (AvgIpc) is 2.78. The second-order valence-corrected chi connectivity index (χ2v) is 8.07. The van der Waals surface area contributed by atoms with Gasteiger partial charge in [0.05, 0.1) is 12.2 Å². The van der Waals surface area contributed by atoms with Crippen molar-refractivity contribution in [3.8, 4) is 5.75 Å². The van der Waals surface area contributed by atoms with Crippen molar-refractivity contribution < 1.29 is 17.9 Å². The van der Waals surface area contributed by atoms with Gasteiger partial charge in [-0.1, -0.05) is 88.3 Å². The van der Waals surface area contributed by atoms with Crippen LogP contribution in [-0.4, -0.2) is 6.61 Å². The van der Waals surface area contributed by atoms with Crippen molar-refractivity contribution in [3.63, 3.8) is 0 Å². The molecular weight excluding hydrogens is 409 g/mol. The largest absolute Gasteiger partial charge is 0.494 e. The van der Waals surface area contributed by atoms with Crippen LogP contribution >= 0.6 is 0 Å². The maximum atomic E-state index is 13.1. The summed E-state index contributed by atoms with van der Waals surface area (Å²) in [5.74, 6) is 0.816. The van der Waals surface area contributed by atoms with Gasteiger partial charge in [0, 0.05) is 0 Å². The van der Waals surface area contributed by atoms with Crippen molar-refractivity contribution in [2.75, 3.05) is 6.61 Å². The molecule has 0 heterocycles. The average molecular weight is 445 g/mol. The van der Waals surface area contributed by atoms with E-state index < -0.39 is 11.7 Å². The van der Waals surface area contributed by atoms with Crippen LogP contribution in [0.25, 0.3) is 11.6 Å². The van der Waals surface area contributed by atoms with Crippen LogP contribution in [0.2, 0.25) is 0 Å². The maximum Gasteiger partial charge on any atom is 0.416 e. The molecule has 0 atom stereocenters. The predicted octanol–water partition coefficient (Wildman–Crippen LogP) is 9.34. The number of halogens is 3. The lowest BCUT2D eigenvalue weighted by Gasteiger charge is -2.10. The summed E-state index contributed by atoms with van der Waals surface area (Å²) in [6, 6.07) is 13.1. The zero-order valence-electron chi connectivity index (χ0n) is 19.3. The lowest BCUT2D eigenvalue weighted by molar-refractivity contribution is -0.137. The number of unbranched alkanes of at least 4 members (excludes halogenated alkanes) is 7. The second-order valence-electron chi connectivity index (χ2n) is 8.07. The fraction of sp³-hybridized carbons (Fsp3) is 0.429. The molecule has 2 aromatic rings. The number of allylic oxidation sites excluding steroid dienone is 3. The summed E-state index contributed by atoms with van der Waals surface area (Å²) in [7, 11) is 0. The highest BCUT2D eigenvalue weighted by Crippen LogP contribution is 2.32. The molecule has 0 fully saturated rings. The Bertz CT molecular complexity index is 848. The van der Waals surface area contributed by atoms with Gasteiger partial charge < -0.3 is 4.74 Å². The molecule has 0 spiro atoms. The molecule has 32 heavy (non-hydrogen) atoms. The first-order valence-corrected chi connectivity index (χ1v) is 11.7. The third-order valence-corrected chi connectivity index (χ3v) is 5.34. The Hall–Kier alpha value is -2.49. The van der Waals surface area contributed by atoms with Gasteiger partial charge in [-0.05, 0) is 60.4 Å². The molecule has 0 saturated carbocycles. The van der Waals surface area contributed by atoms with Gasteiger partial charge in [0.1, 0.15) is 5.75 Å². The van der Waals surface area contributed by atoms with Crippen LogP contribution < -0.4 is 4.74 Å². The van der Waals surface area contributed by atoms with Crippen molar-refractivity contribution in [1.82, 2.24) is 0 Å². The quantitative estimate of drug-likeness (QED) is 0.170. The van der Waals surface area contributed by atoms with E-state index in [4.69, 9.17) is 4.74 Å². The fourth-order valence-electron chi connectivity index (χ4n) is 3.55. The molecule has 2 aromatic carbocycles. The number of ether oxygens (including phenoxy) is 1. The highest BCUT2D eigenvalue weighted by Gasteiger charge is 2.30. The molecule has 2 rings (SSSR count). The topological polar surface area (TPSA) is 9.23 Å². The van der Waals surface area contributed by atoms with E-state index in [0.717, 1.165) is 29.4 Å². The van der Waals surface area contributed by atoms with E-state index in [9.17, 15) is 13.2 Å². The van der Waals surface area contributed by atoms with Crippen LogP contribution in [0, 0.1) is 0 Å². The Morgan fingerprint density at radius 2 is 1.53 bits per heavy atom. The molecule has 1 nitrogen and oxygen atoms in total. The van der Waals surface area contributed by atoms with Gasteiger partial charge >= 0.3 is 6.18 Å². The Morgan fingerprint density at radius 1 is 0.875 bits per heavy atom. The van der Waals surface area contributed by atoms with Crippen LogP contribution in [0.3, 0.4) is 0 Å². The molecule has 0 bridgehead atoms. The van der Waals surface area contributed by atoms with Gasteiger partial charge in [0.15, 0.2) is 0 Å². The van der Waals surface area contributed by atoms with Crippen LogP contribution in [-0.2, 0) is 6.18 Å². The first-order chi connectivity index (χ1) is 15.4. The van der Waals surface area contributed by atoms with Crippen LogP contribution in [0.4, 0.5) is 13.2 Å². The number of hydrogen-bond acceptors (Lipinski definition) is 1. The fourth-order valence-corrected chi connectivity index (χ4v) is 3.55. The summed E-state index contributed by atoms with van der Waals surface area (Å²) in [4.78, 5) is 0. The molecule has 0 N–H and O–H groups in total. The molecular formula is C28H35F3O. The van der Waals surface area contributed by atoms with Gasteiger partial charge in [-0.2, -0.15) is 13.2 Å². The summed E-state index contributed by atoms with van der Waals surface area (Å²) in [6.45, 7) is 4.79. The lowest BCUT2D eigenvalue weighted by Crippen LogP contribution is -2.04. The molecule has 0 amide bonds. The van der Waals surface area contributed by atoms with Crippen molar-refractivity contribution in [1.29, 1.82) is 0 Å². The molecule has 0 aliphatic carbocycles. The van der Waals surface area contributed by atoms with E-state index in [0.29, 0.717) is 12.2 Å². The van der Waals surface area contributed by atoms with Crippen LogP contribution in [0.5, 0.6) is 5.75 Å². The molecule has 0 radical (unpaired) electrons. The van der Waals surface area contributed by atoms with Gasteiger partial charge in [-0.15, -0.1) is 0 Å². The molecule has 0 aromatic heterocycles. The van der Waals surface area contributed by atoms with Gasteiger partial charge in [-0.25, -0.2) is 0 Å². The highest BCUT2D eigenvalue weighted by atomic mass is 19.4. The predicted molar refractivity (Wildman–Crippen MR) is 129 cm³/mol. The van der Waals surface area contributed by atoms with E-state index in [1.165, 1.54) is 57.1 Å². The smallest absolute Gasteiger partial charge is 0.416 e. The molecule has 0 aliphatic heterocycles. The zero-order chi connectivity index (χ0) is 23.2. The number of alkyl halides is 3. The Morgan fingerprint density at radius 3 is 2.16 bits per heavy atom. The molecule has 174 valence electrons. The maximum absolute atomic E-state index is 13.1. The van der Waals surface area contributed by atoms with E-state index in [-0.39, 0.29) is 0 Å². The van der Waals surface area contributed by atoms with E-state index in [2.05, 4.69) is 6.92 Å². The van der Waals surface area contributed by atoms with Crippen molar-refractivity contribution >= 4 is 11.6 Å². The summed E-state index contributed by atoms with van der Waals surface area (Å²) < 4.78 is 45.0. The van der Waals surface area contributed by atoms with Crippen molar-refractivity contribution in [3.05, 3.63) is 77.4 Å². The van der Waals surface area contributed by atoms with E-state index >= 15 is 0 Å². The Kier molecular flexibility index (Phi) is 11.1. The standard InChI is InChI=1S/C28H35F3O/c1-3-5-6-7-8-9-10-11-20-32-27-18-16-23(17-19-27)21-24(13-4-2)25-14-12-15-26(22-25)28(29,30)31/h4,12-19,21-22H,3,5-11,20H2,1-2H3/b13-4?,24-21-. The second kappa shape index (κ2) is 13.8. The molecule has 4 heteroatoms. The molecule has 0 unspecified atom stereocenters. The summed E-state index contributed by atoms with van der Waals surface area (Å²) in [5.41, 5.74) is 1.53. The highest BCUT2D eigenvalue weighted by molar-refractivity contribution is 5.87. The Balaban J connectivity index is 1.90. The Labute approximate surface area is 191 Å². The third-order valence-electron chi connectivity index (χ3n) is 5.34. The van der Waals surface area contributed by atoms with E-state index in [1.807, 2.05) is 49.4 Å². The van der Waals surface area contributed by atoms with Crippen LogP contribution in [0.1, 0.15) is 81.9 Å². The number of benzene rings is 2. The molecule has 0 aliphatic rings. The minimum atomic E-state index is -4.36. The molecule has 0 saturated heterocycles. The first-order valence-electron chi connectivity index (χ1n) is 11.7.